The Morgan fingerprint density at radius 2 is 1.64 bits per heavy atom. The highest BCUT2D eigenvalue weighted by molar-refractivity contribution is 5.76. The lowest BCUT2D eigenvalue weighted by Crippen LogP contribution is -2.57. The van der Waals surface area contributed by atoms with Gasteiger partial charge in [0.05, 0.1) is 5.66 Å². The summed E-state index contributed by atoms with van der Waals surface area (Å²) in [5, 5.41) is 0. The van der Waals surface area contributed by atoms with Crippen molar-refractivity contribution in [3.63, 3.8) is 0 Å². The molecule has 2 heteroatoms. The van der Waals surface area contributed by atoms with Gasteiger partial charge in [0.15, 0.2) is 0 Å². The monoisotopic (exact) mass is 298 g/mol. The first-order valence-electron chi connectivity index (χ1n) is 8.01. The lowest BCUT2D eigenvalue weighted by Gasteiger charge is -2.41. The molecule has 0 bridgehead atoms. The second-order valence-corrected chi connectivity index (χ2v) is 8.63. The van der Waals surface area contributed by atoms with Crippen LogP contribution in [-0.4, -0.2) is 5.66 Å². The number of benzene rings is 1. The van der Waals surface area contributed by atoms with Gasteiger partial charge in [-0.15, -0.1) is 0 Å². The van der Waals surface area contributed by atoms with Crippen LogP contribution in [0.25, 0.3) is 5.57 Å². The molecular weight excluding hydrogens is 268 g/mol. The van der Waals surface area contributed by atoms with E-state index in [-0.39, 0.29) is 16.7 Å². The first kappa shape index (κ1) is 17.0. The molecule has 0 radical (unpaired) electrons. The lowest BCUT2D eigenvalue weighted by molar-refractivity contribution is 0.210. The van der Waals surface area contributed by atoms with E-state index in [1.165, 1.54) is 16.7 Å². The summed E-state index contributed by atoms with van der Waals surface area (Å²) >= 11 is 0. The van der Waals surface area contributed by atoms with Gasteiger partial charge in [-0.2, -0.15) is 0 Å². The Bertz CT molecular complexity index is 607. The molecule has 1 aliphatic rings. The minimum absolute atomic E-state index is 0.0150. The minimum atomic E-state index is -0.788. The predicted molar refractivity (Wildman–Crippen MR) is 96.3 cm³/mol. The Kier molecular flexibility index (Phi) is 4.14. The fourth-order valence-electron chi connectivity index (χ4n) is 3.07. The highest BCUT2D eigenvalue weighted by Gasteiger charge is 2.38. The molecule has 0 saturated carbocycles. The molecule has 1 aromatic rings. The van der Waals surface area contributed by atoms with E-state index < -0.39 is 5.66 Å². The second-order valence-electron chi connectivity index (χ2n) is 8.63. The van der Waals surface area contributed by atoms with E-state index in [9.17, 15) is 0 Å². The van der Waals surface area contributed by atoms with Gasteiger partial charge in [0.25, 0.3) is 0 Å². The lowest BCUT2D eigenvalue weighted by atomic mass is 9.70. The molecule has 1 unspecified atom stereocenters. The maximum atomic E-state index is 6.29. The summed E-state index contributed by atoms with van der Waals surface area (Å²) in [5.41, 5.74) is 15.7. The van der Waals surface area contributed by atoms with Crippen molar-refractivity contribution in [3.05, 3.63) is 53.6 Å². The summed E-state index contributed by atoms with van der Waals surface area (Å²) < 4.78 is 0. The van der Waals surface area contributed by atoms with Gasteiger partial charge < -0.3 is 11.5 Å². The molecule has 1 aliphatic carbocycles. The molecular formula is C20H30N2. The van der Waals surface area contributed by atoms with Crippen LogP contribution in [-0.2, 0) is 5.41 Å². The number of rotatable bonds is 1. The Morgan fingerprint density at radius 1 is 1.00 bits per heavy atom. The summed E-state index contributed by atoms with van der Waals surface area (Å²) in [5.74, 6) is 0.0956. The molecule has 4 N–H and O–H groups in total. The molecule has 1 aromatic carbocycles. The average Bonchev–Trinajstić information content (AvgIpc) is 2.36. The molecule has 0 saturated heterocycles. The molecule has 0 spiro atoms. The van der Waals surface area contributed by atoms with Crippen molar-refractivity contribution >= 4 is 5.57 Å². The molecule has 2 rings (SSSR count). The van der Waals surface area contributed by atoms with E-state index in [2.05, 4.69) is 78.0 Å². The molecule has 0 amide bonds. The quantitative estimate of drug-likeness (QED) is 0.763. The van der Waals surface area contributed by atoms with E-state index in [4.69, 9.17) is 11.5 Å². The zero-order chi connectivity index (χ0) is 16.8. The Balaban J connectivity index is 2.46. The molecule has 0 fully saturated rings. The zero-order valence-electron chi connectivity index (χ0n) is 14.8. The molecule has 2 nitrogen and oxygen atoms in total. The summed E-state index contributed by atoms with van der Waals surface area (Å²) in [7, 11) is 0. The van der Waals surface area contributed by atoms with Crippen LogP contribution in [0.2, 0.25) is 0 Å². The van der Waals surface area contributed by atoms with Crippen LogP contribution >= 0.6 is 0 Å². The first-order valence-corrected chi connectivity index (χ1v) is 8.01. The third kappa shape index (κ3) is 3.50. The predicted octanol–water partition coefficient (Wildman–Crippen LogP) is 4.21. The van der Waals surface area contributed by atoms with Crippen molar-refractivity contribution in [2.45, 2.75) is 52.6 Å². The molecule has 22 heavy (non-hydrogen) atoms. The smallest absolute Gasteiger partial charge is 0.0901 e. The van der Waals surface area contributed by atoms with E-state index in [0.717, 1.165) is 0 Å². The van der Waals surface area contributed by atoms with Crippen LogP contribution in [0.3, 0.4) is 0 Å². The number of hydrogen-bond acceptors (Lipinski definition) is 2. The van der Waals surface area contributed by atoms with Crippen LogP contribution in [0.15, 0.2) is 42.5 Å². The summed E-state index contributed by atoms with van der Waals surface area (Å²) in [6.45, 7) is 13.3. The van der Waals surface area contributed by atoms with E-state index >= 15 is 0 Å². The van der Waals surface area contributed by atoms with Gasteiger partial charge in [-0.25, -0.2) is 0 Å². The van der Waals surface area contributed by atoms with Crippen LogP contribution in [0.1, 0.15) is 52.7 Å². The van der Waals surface area contributed by atoms with Gasteiger partial charge in [-0.05, 0) is 33.6 Å². The highest BCUT2D eigenvalue weighted by Crippen LogP contribution is 2.39. The Labute approximate surface area is 135 Å². The van der Waals surface area contributed by atoms with E-state index in [1.807, 2.05) is 6.08 Å². The van der Waals surface area contributed by atoms with Crippen molar-refractivity contribution in [1.29, 1.82) is 0 Å². The molecule has 0 aliphatic heterocycles. The fraction of sp³-hybridized carbons (Fsp3) is 0.500. The third-order valence-corrected chi connectivity index (χ3v) is 4.43. The first-order chi connectivity index (χ1) is 9.91. The van der Waals surface area contributed by atoms with Gasteiger partial charge in [0, 0.05) is 5.92 Å². The van der Waals surface area contributed by atoms with Crippen LogP contribution in [0.5, 0.6) is 0 Å². The van der Waals surface area contributed by atoms with Crippen molar-refractivity contribution in [2.75, 3.05) is 0 Å². The zero-order valence-corrected chi connectivity index (χ0v) is 14.8. The topological polar surface area (TPSA) is 52.0 Å². The maximum Gasteiger partial charge on any atom is 0.0901 e. The summed E-state index contributed by atoms with van der Waals surface area (Å²) in [6.07, 6.45) is 6.24. The van der Waals surface area contributed by atoms with Crippen molar-refractivity contribution in [2.24, 2.45) is 22.8 Å². The average molecular weight is 298 g/mol. The van der Waals surface area contributed by atoms with Gasteiger partial charge in [-0.3, -0.25) is 0 Å². The molecule has 0 aromatic heterocycles. The normalized spacial score (nSPS) is 21.6. The van der Waals surface area contributed by atoms with Gasteiger partial charge in [-0.1, -0.05) is 78.0 Å². The minimum Gasteiger partial charge on any atom is -0.310 e. The van der Waals surface area contributed by atoms with Crippen LogP contribution < -0.4 is 11.5 Å². The van der Waals surface area contributed by atoms with Gasteiger partial charge >= 0.3 is 0 Å². The van der Waals surface area contributed by atoms with Crippen LogP contribution in [0.4, 0.5) is 0 Å². The third-order valence-electron chi connectivity index (χ3n) is 4.43. The van der Waals surface area contributed by atoms with Crippen molar-refractivity contribution in [3.8, 4) is 0 Å². The number of nitrogens with two attached hydrogens (primary N) is 2. The second kappa shape index (κ2) is 5.36. The fourth-order valence-corrected chi connectivity index (χ4v) is 3.07. The summed E-state index contributed by atoms with van der Waals surface area (Å²) in [6, 6.07) is 8.75. The van der Waals surface area contributed by atoms with Crippen LogP contribution in [0, 0.1) is 11.3 Å². The maximum absolute atomic E-state index is 6.29. The largest absolute Gasteiger partial charge is 0.310 e. The SMILES string of the molecule is CC(C)(C)c1cccc(C2=CC(C(C)(C)C)C(N)(N)C=C2)c1. The van der Waals surface area contributed by atoms with Crippen molar-refractivity contribution in [1.82, 2.24) is 0 Å². The Morgan fingerprint density at radius 3 is 2.18 bits per heavy atom. The van der Waals surface area contributed by atoms with E-state index in [0.29, 0.717) is 0 Å². The number of hydrogen-bond donors (Lipinski definition) is 2. The Hall–Kier alpha value is -1.38. The number of allylic oxidation sites excluding steroid dienone is 2. The van der Waals surface area contributed by atoms with Gasteiger partial charge in [0.1, 0.15) is 0 Å². The van der Waals surface area contributed by atoms with E-state index in [1.54, 1.807) is 0 Å². The summed E-state index contributed by atoms with van der Waals surface area (Å²) in [4.78, 5) is 0. The molecule has 1 atom stereocenters. The molecule has 120 valence electrons. The van der Waals surface area contributed by atoms with Crippen molar-refractivity contribution < 1.29 is 0 Å². The standard InChI is InChI=1S/C20H30N2/c1-18(2,3)16-9-7-8-14(12-16)15-10-11-20(21,22)17(13-15)19(4,5)6/h7-13,17H,21-22H2,1-6H3. The highest BCUT2D eigenvalue weighted by atomic mass is 15.0. The van der Waals surface area contributed by atoms with Gasteiger partial charge in [0.2, 0.25) is 0 Å². The molecule has 0 heterocycles.